The Morgan fingerprint density at radius 3 is 2.79 bits per heavy atom. The molecule has 1 amide bonds. The highest BCUT2D eigenvalue weighted by Crippen LogP contribution is 2.37. The van der Waals surface area contributed by atoms with Crippen molar-refractivity contribution < 1.29 is 23.7 Å². The maximum atomic E-state index is 13.3. The molecule has 6 heteroatoms. The summed E-state index contributed by atoms with van der Waals surface area (Å²) in [5.41, 5.74) is 1.77. The monoisotopic (exact) mass is 397 g/mol. The van der Waals surface area contributed by atoms with Crippen molar-refractivity contribution in [2.75, 3.05) is 27.6 Å². The van der Waals surface area contributed by atoms with Crippen LogP contribution in [-0.4, -0.2) is 44.4 Å². The van der Waals surface area contributed by atoms with Gasteiger partial charge < -0.3 is 23.8 Å². The molecule has 0 N–H and O–H groups in total. The van der Waals surface area contributed by atoms with E-state index in [1.807, 2.05) is 35.2 Å². The summed E-state index contributed by atoms with van der Waals surface area (Å²) in [4.78, 5) is 15.3. The minimum absolute atomic E-state index is 0.0318. The van der Waals surface area contributed by atoms with E-state index >= 15 is 0 Å². The normalized spacial score (nSPS) is 17.9. The van der Waals surface area contributed by atoms with Crippen LogP contribution in [0.3, 0.4) is 0 Å². The summed E-state index contributed by atoms with van der Waals surface area (Å²) in [5.74, 6) is 2.71. The second-order valence-electron chi connectivity index (χ2n) is 7.42. The molecule has 4 rings (SSSR count). The van der Waals surface area contributed by atoms with E-state index in [2.05, 4.69) is 6.07 Å². The summed E-state index contributed by atoms with van der Waals surface area (Å²) >= 11 is 0. The van der Waals surface area contributed by atoms with Gasteiger partial charge in [0.2, 0.25) is 6.79 Å². The number of hydrogen-bond acceptors (Lipinski definition) is 5. The molecule has 1 atom stereocenters. The maximum absolute atomic E-state index is 13.3. The van der Waals surface area contributed by atoms with Crippen molar-refractivity contribution in [2.45, 2.75) is 38.1 Å². The summed E-state index contributed by atoms with van der Waals surface area (Å²) in [5, 5.41) is 0. The topological polar surface area (TPSA) is 57.2 Å². The lowest BCUT2D eigenvalue weighted by Crippen LogP contribution is -2.44. The number of hydrogen-bond donors (Lipinski definition) is 0. The first kappa shape index (κ1) is 19.4. The predicted molar refractivity (Wildman–Crippen MR) is 109 cm³/mol. The molecule has 1 saturated heterocycles. The Balaban J connectivity index is 1.48. The van der Waals surface area contributed by atoms with Gasteiger partial charge in [-0.1, -0.05) is 12.1 Å². The number of aryl methyl sites for hydroxylation is 1. The van der Waals surface area contributed by atoms with E-state index < -0.39 is 0 Å². The number of fused-ring (bicyclic) bond motifs is 1. The molecule has 2 heterocycles. The summed E-state index contributed by atoms with van der Waals surface area (Å²) < 4.78 is 21.7. The summed E-state index contributed by atoms with van der Waals surface area (Å²) in [6.07, 6.45) is 4.98. The molecule has 0 aliphatic carbocycles. The third-order valence-electron chi connectivity index (χ3n) is 5.73. The van der Waals surface area contributed by atoms with E-state index in [1.165, 1.54) is 5.56 Å². The molecular formula is C23H27NO5. The molecule has 0 spiro atoms. The highest BCUT2D eigenvalue weighted by atomic mass is 16.7. The predicted octanol–water partition coefficient (Wildman–Crippen LogP) is 4.06. The number of rotatable bonds is 6. The third kappa shape index (κ3) is 3.97. The van der Waals surface area contributed by atoms with Crippen LogP contribution in [0.4, 0.5) is 0 Å². The van der Waals surface area contributed by atoms with E-state index in [0.29, 0.717) is 17.1 Å². The van der Waals surface area contributed by atoms with Gasteiger partial charge in [-0.05, 0) is 61.9 Å². The van der Waals surface area contributed by atoms with E-state index in [0.717, 1.165) is 50.1 Å². The number of amides is 1. The lowest BCUT2D eigenvalue weighted by atomic mass is 9.94. The molecule has 0 radical (unpaired) electrons. The Labute approximate surface area is 171 Å². The van der Waals surface area contributed by atoms with Gasteiger partial charge in [0.1, 0.15) is 0 Å². The van der Waals surface area contributed by atoms with Crippen molar-refractivity contribution in [1.82, 2.24) is 4.90 Å². The van der Waals surface area contributed by atoms with E-state index in [1.54, 1.807) is 14.2 Å². The van der Waals surface area contributed by atoms with Crippen LogP contribution in [-0.2, 0) is 6.42 Å². The van der Waals surface area contributed by atoms with Gasteiger partial charge in [0.05, 0.1) is 19.8 Å². The number of carbonyl (C=O) groups excluding carboxylic acids is 1. The van der Waals surface area contributed by atoms with E-state index in [9.17, 15) is 4.79 Å². The second-order valence-corrected chi connectivity index (χ2v) is 7.42. The third-order valence-corrected chi connectivity index (χ3v) is 5.73. The molecule has 0 saturated carbocycles. The number of para-hydroxylation sites is 1. The first-order valence-corrected chi connectivity index (χ1v) is 10.1. The lowest BCUT2D eigenvalue weighted by molar-refractivity contribution is 0.0597. The lowest BCUT2D eigenvalue weighted by Gasteiger charge is -2.36. The number of methoxy groups -OCH3 is 2. The summed E-state index contributed by atoms with van der Waals surface area (Å²) in [6, 6.07) is 11.7. The largest absolute Gasteiger partial charge is 0.493 e. The maximum Gasteiger partial charge on any atom is 0.258 e. The van der Waals surface area contributed by atoms with Crippen LogP contribution in [0.2, 0.25) is 0 Å². The van der Waals surface area contributed by atoms with Gasteiger partial charge >= 0.3 is 0 Å². The quantitative estimate of drug-likeness (QED) is 0.736. The van der Waals surface area contributed by atoms with Crippen LogP contribution >= 0.6 is 0 Å². The van der Waals surface area contributed by atoms with Crippen molar-refractivity contribution in [3.05, 3.63) is 47.5 Å². The average molecular weight is 397 g/mol. The first-order valence-electron chi connectivity index (χ1n) is 10.1. The number of piperidine rings is 1. The van der Waals surface area contributed by atoms with Gasteiger partial charge in [0, 0.05) is 12.6 Å². The highest BCUT2D eigenvalue weighted by molar-refractivity contribution is 5.98. The number of benzene rings is 2. The number of nitrogens with zero attached hydrogens (tertiary/aromatic N) is 1. The number of ether oxygens (including phenoxy) is 4. The second kappa shape index (κ2) is 8.64. The van der Waals surface area contributed by atoms with Crippen molar-refractivity contribution in [1.29, 1.82) is 0 Å². The van der Waals surface area contributed by atoms with Crippen LogP contribution in [0, 0.1) is 0 Å². The highest BCUT2D eigenvalue weighted by Gasteiger charge is 2.31. The molecule has 1 unspecified atom stereocenters. The van der Waals surface area contributed by atoms with Crippen molar-refractivity contribution in [3.8, 4) is 23.0 Å². The Morgan fingerprint density at radius 1 is 1.10 bits per heavy atom. The summed E-state index contributed by atoms with van der Waals surface area (Å²) in [7, 11) is 3.28. The van der Waals surface area contributed by atoms with Crippen LogP contribution in [0.25, 0.3) is 0 Å². The Morgan fingerprint density at radius 2 is 1.97 bits per heavy atom. The Hall–Kier alpha value is -2.89. The smallest absolute Gasteiger partial charge is 0.258 e. The summed E-state index contributed by atoms with van der Waals surface area (Å²) in [6.45, 7) is 0.947. The fourth-order valence-corrected chi connectivity index (χ4v) is 4.19. The van der Waals surface area contributed by atoms with Gasteiger partial charge in [-0.2, -0.15) is 0 Å². The zero-order valence-corrected chi connectivity index (χ0v) is 17.0. The Kier molecular flexibility index (Phi) is 5.79. The molecule has 2 aromatic rings. The van der Waals surface area contributed by atoms with Gasteiger partial charge in [0.25, 0.3) is 5.91 Å². The molecule has 0 aromatic heterocycles. The molecule has 2 aromatic carbocycles. The Bertz CT molecular complexity index is 882. The van der Waals surface area contributed by atoms with Gasteiger partial charge in [-0.3, -0.25) is 4.79 Å². The molecule has 1 fully saturated rings. The molecule has 154 valence electrons. The minimum atomic E-state index is 0.0318. The first-order chi connectivity index (χ1) is 14.2. The SMILES string of the molecule is COc1ccc(CCC2CCCCN2C(=O)c2cccc3c2OCO3)cc1OC. The van der Waals surface area contributed by atoms with Crippen LogP contribution in [0.1, 0.15) is 41.6 Å². The average Bonchev–Trinajstić information content (AvgIpc) is 3.26. The number of carbonyl (C=O) groups is 1. The standard InChI is InChI=1S/C23H27NO5/c1-26-19-12-10-16(14-21(19)27-2)9-11-17-6-3-4-13-24(17)23(25)18-7-5-8-20-22(18)29-15-28-20/h5,7-8,10,12,14,17H,3-4,6,9,11,13,15H2,1-2H3. The van der Waals surface area contributed by atoms with Crippen LogP contribution in [0.15, 0.2) is 36.4 Å². The van der Waals surface area contributed by atoms with Gasteiger partial charge in [0.15, 0.2) is 23.0 Å². The van der Waals surface area contributed by atoms with Crippen LogP contribution < -0.4 is 18.9 Å². The molecule has 2 aliphatic heterocycles. The minimum Gasteiger partial charge on any atom is -0.493 e. The van der Waals surface area contributed by atoms with Gasteiger partial charge in [-0.25, -0.2) is 0 Å². The van der Waals surface area contributed by atoms with Crippen molar-refractivity contribution in [3.63, 3.8) is 0 Å². The molecular weight excluding hydrogens is 370 g/mol. The van der Waals surface area contributed by atoms with Crippen LogP contribution in [0.5, 0.6) is 23.0 Å². The zero-order valence-electron chi connectivity index (χ0n) is 17.0. The van der Waals surface area contributed by atoms with E-state index in [-0.39, 0.29) is 18.7 Å². The fourth-order valence-electron chi connectivity index (χ4n) is 4.19. The van der Waals surface area contributed by atoms with Gasteiger partial charge in [-0.15, -0.1) is 0 Å². The molecule has 0 bridgehead atoms. The van der Waals surface area contributed by atoms with Crippen molar-refractivity contribution >= 4 is 5.91 Å². The van der Waals surface area contributed by atoms with Crippen molar-refractivity contribution in [2.24, 2.45) is 0 Å². The molecule has 29 heavy (non-hydrogen) atoms. The van der Waals surface area contributed by atoms with E-state index in [4.69, 9.17) is 18.9 Å². The zero-order chi connectivity index (χ0) is 20.2. The fraction of sp³-hybridized carbons (Fsp3) is 0.435. The molecule has 6 nitrogen and oxygen atoms in total. The number of likely N-dealkylation sites (tertiary alicyclic amines) is 1. The molecule has 2 aliphatic rings.